The van der Waals surface area contributed by atoms with E-state index in [9.17, 15) is 22.8 Å². The maximum absolute atomic E-state index is 13.8. The molecule has 0 radical (unpaired) electrons. The Bertz CT molecular complexity index is 861. The largest absolute Gasteiger partial charge is 0.393 e. The molecule has 1 aliphatic heterocycles. The number of rotatable bonds is 7. The Morgan fingerprint density at radius 3 is 2.34 bits per heavy atom. The van der Waals surface area contributed by atoms with Gasteiger partial charge in [-0.05, 0) is 43.7 Å². The smallest absolute Gasteiger partial charge is 0.245 e. The Balaban J connectivity index is 0.000000497. The topological polar surface area (TPSA) is 105 Å². The molecule has 3 fully saturated rings. The highest BCUT2D eigenvalue weighted by atomic mass is 19.2. The van der Waals surface area contributed by atoms with Gasteiger partial charge in [0, 0.05) is 31.6 Å². The van der Waals surface area contributed by atoms with Crippen LogP contribution in [0.1, 0.15) is 63.4 Å². The van der Waals surface area contributed by atoms with Gasteiger partial charge in [0.1, 0.15) is 11.9 Å². The van der Waals surface area contributed by atoms with E-state index in [-0.39, 0.29) is 49.0 Å². The number of hydrogen-bond acceptors (Lipinski definition) is 5. The monoisotopic (exact) mass is 499 g/mol. The summed E-state index contributed by atoms with van der Waals surface area (Å²) in [5.74, 6) is -3.98. The first kappa shape index (κ1) is 27.4. The van der Waals surface area contributed by atoms with Crippen molar-refractivity contribution in [2.45, 2.75) is 88.5 Å². The molecule has 0 bridgehead atoms. The minimum Gasteiger partial charge on any atom is -0.393 e. The number of nitrogens with zero attached hydrogens (tertiary/aromatic N) is 1. The van der Waals surface area contributed by atoms with Gasteiger partial charge in [0.05, 0.1) is 18.8 Å². The second-order valence-electron chi connectivity index (χ2n) is 9.60. The second-order valence-corrected chi connectivity index (χ2v) is 9.60. The normalized spacial score (nSPS) is 22.0. The molecule has 196 valence electrons. The molecule has 35 heavy (non-hydrogen) atoms. The maximum atomic E-state index is 13.8. The molecule has 7 nitrogen and oxygen atoms in total. The van der Waals surface area contributed by atoms with Crippen molar-refractivity contribution in [3.05, 3.63) is 35.1 Å². The summed E-state index contributed by atoms with van der Waals surface area (Å²) in [6.45, 7) is 0.780. The maximum Gasteiger partial charge on any atom is 0.245 e. The molecule has 1 heterocycles. The number of amides is 2. The van der Waals surface area contributed by atoms with Crippen LogP contribution in [-0.2, 0) is 20.7 Å². The van der Waals surface area contributed by atoms with Crippen molar-refractivity contribution in [2.75, 3.05) is 19.7 Å². The van der Waals surface area contributed by atoms with Crippen LogP contribution >= 0.6 is 0 Å². The SMILES string of the molecule is N[C@@H](CC(=O)N1CCNC(=O)[C@H]1COC1CCCC1)Cc1cc(F)c(F)cc1F.OC1CCCC1. The average Bonchev–Trinajstić information content (AvgIpc) is 3.51. The van der Waals surface area contributed by atoms with Gasteiger partial charge in [-0.15, -0.1) is 0 Å². The zero-order valence-corrected chi connectivity index (χ0v) is 20.0. The highest BCUT2D eigenvalue weighted by Gasteiger charge is 2.34. The molecule has 0 unspecified atom stereocenters. The van der Waals surface area contributed by atoms with Crippen LogP contribution < -0.4 is 11.1 Å². The van der Waals surface area contributed by atoms with E-state index < -0.39 is 29.5 Å². The first-order valence-electron chi connectivity index (χ1n) is 12.5. The number of carbonyl (C=O) groups excluding carboxylic acids is 2. The number of aliphatic hydroxyl groups is 1. The van der Waals surface area contributed by atoms with Crippen LogP contribution in [-0.4, -0.2) is 65.8 Å². The van der Waals surface area contributed by atoms with E-state index in [4.69, 9.17) is 15.6 Å². The Kier molecular flexibility index (Phi) is 10.4. The number of piperazine rings is 1. The van der Waals surface area contributed by atoms with E-state index >= 15 is 0 Å². The van der Waals surface area contributed by atoms with Crippen molar-refractivity contribution in [2.24, 2.45) is 5.73 Å². The van der Waals surface area contributed by atoms with Crippen LogP contribution in [0.2, 0.25) is 0 Å². The summed E-state index contributed by atoms with van der Waals surface area (Å²) < 4.78 is 46.1. The lowest BCUT2D eigenvalue weighted by atomic mass is 10.0. The lowest BCUT2D eigenvalue weighted by Gasteiger charge is -2.36. The number of aliphatic hydroxyl groups excluding tert-OH is 1. The lowest BCUT2D eigenvalue weighted by molar-refractivity contribution is -0.147. The number of nitrogens with one attached hydrogen (secondary N) is 1. The molecule has 10 heteroatoms. The predicted molar refractivity (Wildman–Crippen MR) is 124 cm³/mol. The molecular weight excluding hydrogens is 463 g/mol. The van der Waals surface area contributed by atoms with Crippen molar-refractivity contribution in [1.29, 1.82) is 0 Å². The summed E-state index contributed by atoms with van der Waals surface area (Å²) in [7, 11) is 0. The fraction of sp³-hybridized carbons (Fsp3) is 0.680. The summed E-state index contributed by atoms with van der Waals surface area (Å²) >= 11 is 0. The summed E-state index contributed by atoms with van der Waals surface area (Å²) in [5.41, 5.74) is 5.87. The summed E-state index contributed by atoms with van der Waals surface area (Å²) in [5, 5.41) is 11.5. The minimum absolute atomic E-state index is 0.0463. The minimum atomic E-state index is -1.28. The van der Waals surface area contributed by atoms with Gasteiger partial charge in [0.25, 0.3) is 0 Å². The van der Waals surface area contributed by atoms with Gasteiger partial charge < -0.3 is 25.8 Å². The van der Waals surface area contributed by atoms with E-state index in [1.165, 1.54) is 17.7 Å². The van der Waals surface area contributed by atoms with Crippen molar-refractivity contribution < 1.29 is 32.6 Å². The Hall–Kier alpha value is -2.17. The molecule has 1 aromatic carbocycles. The lowest BCUT2D eigenvalue weighted by Crippen LogP contribution is -2.59. The fourth-order valence-corrected chi connectivity index (χ4v) is 4.78. The predicted octanol–water partition coefficient (Wildman–Crippen LogP) is 2.57. The Morgan fingerprint density at radius 1 is 1.09 bits per heavy atom. The van der Waals surface area contributed by atoms with Crippen molar-refractivity contribution >= 4 is 11.8 Å². The molecule has 2 amide bonds. The van der Waals surface area contributed by atoms with Gasteiger partial charge in [-0.2, -0.15) is 0 Å². The molecule has 2 aliphatic carbocycles. The van der Waals surface area contributed by atoms with Gasteiger partial charge >= 0.3 is 0 Å². The van der Waals surface area contributed by atoms with Crippen LogP contribution in [0.25, 0.3) is 0 Å². The van der Waals surface area contributed by atoms with Crippen LogP contribution in [0.15, 0.2) is 12.1 Å². The fourth-order valence-electron chi connectivity index (χ4n) is 4.78. The quantitative estimate of drug-likeness (QED) is 0.501. The van der Waals surface area contributed by atoms with Crippen LogP contribution in [0.5, 0.6) is 0 Å². The molecule has 0 aromatic heterocycles. The van der Waals surface area contributed by atoms with E-state index in [1.807, 2.05) is 0 Å². The third-order valence-electron chi connectivity index (χ3n) is 6.78. The zero-order valence-electron chi connectivity index (χ0n) is 20.0. The highest BCUT2D eigenvalue weighted by Crippen LogP contribution is 2.22. The Labute approximate surface area is 204 Å². The Morgan fingerprint density at radius 2 is 1.71 bits per heavy atom. The number of carbonyl (C=O) groups is 2. The number of benzene rings is 1. The van der Waals surface area contributed by atoms with E-state index in [0.717, 1.165) is 44.6 Å². The summed E-state index contributed by atoms with van der Waals surface area (Å²) in [6.07, 6.45) is 8.54. The molecular formula is C25H36F3N3O4. The molecule has 1 saturated heterocycles. The number of halogens is 3. The zero-order chi connectivity index (χ0) is 25.4. The van der Waals surface area contributed by atoms with E-state index in [2.05, 4.69) is 5.32 Å². The highest BCUT2D eigenvalue weighted by molar-refractivity contribution is 5.89. The van der Waals surface area contributed by atoms with Crippen molar-refractivity contribution in [3.8, 4) is 0 Å². The van der Waals surface area contributed by atoms with Crippen LogP contribution in [0.4, 0.5) is 13.2 Å². The molecule has 0 spiro atoms. The molecule has 3 aliphatic rings. The summed E-state index contributed by atoms with van der Waals surface area (Å²) in [6, 6.07) is -0.320. The number of nitrogens with two attached hydrogens (primary N) is 1. The van der Waals surface area contributed by atoms with Gasteiger partial charge in [-0.1, -0.05) is 25.7 Å². The second kappa shape index (κ2) is 13.2. The first-order chi connectivity index (χ1) is 16.7. The van der Waals surface area contributed by atoms with Gasteiger partial charge in [0.2, 0.25) is 11.8 Å². The van der Waals surface area contributed by atoms with Crippen molar-refractivity contribution in [1.82, 2.24) is 10.2 Å². The number of ether oxygens (including phenoxy) is 1. The van der Waals surface area contributed by atoms with Gasteiger partial charge in [-0.25, -0.2) is 13.2 Å². The third-order valence-corrected chi connectivity index (χ3v) is 6.78. The van der Waals surface area contributed by atoms with Crippen molar-refractivity contribution in [3.63, 3.8) is 0 Å². The average molecular weight is 500 g/mol. The van der Waals surface area contributed by atoms with Gasteiger partial charge in [0.15, 0.2) is 11.6 Å². The summed E-state index contributed by atoms with van der Waals surface area (Å²) in [4.78, 5) is 26.4. The molecule has 4 rings (SSSR count). The van der Waals surface area contributed by atoms with Crippen LogP contribution in [0.3, 0.4) is 0 Å². The molecule has 1 aromatic rings. The van der Waals surface area contributed by atoms with E-state index in [1.54, 1.807) is 0 Å². The molecule has 4 N–H and O–H groups in total. The standard InChI is InChI=1S/C20H26F3N3O3.C5H10O/c21-15-10-17(23)16(22)8-12(15)7-13(24)9-19(27)26-6-5-25-20(28)18(26)11-29-14-3-1-2-4-14;6-5-3-1-2-4-5/h8,10,13-14,18H,1-7,9,11,24H2,(H,25,28);5-6H,1-4H2/t13-,18-;/m1./s1. The van der Waals surface area contributed by atoms with E-state index in [0.29, 0.717) is 19.2 Å². The molecule has 2 atom stereocenters. The third kappa shape index (κ3) is 8.18. The van der Waals surface area contributed by atoms with Gasteiger partial charge in [-0.3, -0.25) is 9.59 Å². The number of hydrogen-bond donors (Lipinski definition) is 3. The molecule has 2 saturated carbocycles. The first-order valence-corrected chi connectivity index (χ1v) is 12.5. The van der Waals surface area contributed by atoms with Crippen LogP contribution in [0, 0.1) is 17.5 Å².